The van der Waals surface area contributed by atoms with Gasteiger partial charge in [-0.15, -0.1) is 0 Å². The van der Waals surface area contributed by atoms with Gasteiger partial charge in [-0.2, -0.15) is 13.2 Å². The third-order valence-corrected chi connectivity index (χ3v) is 1.91. The standard InChI is InChI=1S/C10H6F3N2/c11-10(12,13)8-2-1-3-9(6-8)15-5-4-14-7-15/h1-6H. The molecule has 0 aliphatic heterocycles. The summed E-state index contributed by atoms with van der Waals surface area (Å²) in [6.45, 7) is 0. The van der Waals surface area contributed by atoms with Gasteiger partial charge in [0.1, 0.15) is 0 Å². The van der Waals surface area contributed by atoms with Gasteiger partial charge in [0, 0.05) is 18.1 Å². The van der Waals surface area contributed by atoms with Gasteiger partial charge in [0.15, 0.2) is 6.33 Å². The first kappa shape index (κ1) is 9.76. The predicted molar refractivity (Wildman–Crippen MR) is 47.4 cm³/mol. The Balaban J connectivity index is 2.44. The Morgan fingerprint density at radius 1 is 1.27 bits per heavy atom. The minimum Gasteiger partial charge on any atom is -0.297 e. The van der Waals surface area contributed by atoms with Crippen LogP contribution in [0.2, 0.25) is 0 Å². The van der Waals surface area contributed by atoms with Crippen molar-refractivity contribution in [3.05, 3.63) is 48.5 Å². The first-order valence-corrected chi connectivity index (χ1v) is 4.16. The maximum atomic E-state index is 12.4. The highest BCUT2D eigenvalue weighted by Crippen LogP contribution is 2.30. The molecule has 0 N–H and O–H groups in total. The summed E-state index contributed by atoms with van der Waals surface area (Å²) in [6, 6.07) is 5.00. The summed E-state index contributed by atoms with van der Waals surface area (Å²) >= 11 is 0. The van der Waals surface area contributed by atoms with E-state index in [1.54, 1.807) is 6.07 Å². The molecule has 2 aromatic rings. The van der Waals surface area contributed by atoms with Crippen LogP contribution in [-0.2, 0) is 6.18 Å². The fourth-order valence-corrected chi connectivity index (χ4v) is 1.20. The van der Waals surface area contributed by atoms with Crippen molar-refractivity contribution >= 4 is 0 Å². The molecular formula is C10H6F3N2. The number of aromatic nitrogens is 2. The summed E-state index contributed by atoms with van der Waals surface area (Å²) in [5.41, 5.74) is -0.288. The van der Waals surface area contributed by atoms with E-state index in [0.29, 0.717) is 5.69 Å². The second kappa shape index (κ2) is 3.42. The van der Waals surface area contributed by atoms with Crippen LogP contribution in [-0.4, -0.2) is 9.55 Å². The quantitative estimate of drug-likeness (QED) is 0.709. The number of benzene rings is 1. The number of nitrogens with zero attached hydrogens (tertiary/aromatic N) is 2. The lowest BCUT2D eigenvalue weighted by Gasteiger charge is -2.08. The van der Waals surface area contributed by atoms with Gasteiger partial charge < -0.3 is 0 Å². The maximum absolute atomic E-state index is 12.4. The number of hydrogen-bond acceptors (Lipinski definition) is 1. The van der Waals surface area contributed by atoms with Gasteiger partial charge in [-0.25, -0.2) is 4.98 Å². The SMILES string of the molecule is FC(F)(F)c1cccc(-n2[c]ncc2)c1. The Labute approximate surface area is 84.0 Å². The number of rotatable bonds is 1. The van der Waals surface area contributed by atoms with Gasteiger partial charge in [-0.05, 0) is 18.2 Å². The Bertz CT molecular complexity index is 446. The second-order valence-electron chi connectivity index (χ2n) is 2.95. The van der Waals surface area contributed by atoms with Crippen molar-refractivity contribution in [3.8, 4) is 5.69 Å². The molecule has 0 bridgehead atoms. The van der Waals surface area contributed by atoms with E-state index in [0.717, 1.165) is 12.1 Å². The van der Waals surface area contributed by atoms with Crippen LogP contribution in [0, 0.1) is 6.33 Å². The monoisotopic (exact) mass is 211 g/mol. The van der Waals surface area contributed by atoms with Gasteiger partial charge >= 0.3 is 6.18 Å². The molecule has 2 nitrogen and oxygen atoms in total. The van der Waals surface area contributed by atoms with Crippen molar-refractivity contribution in [2.75, 3.05) is 0 Å². The number of imidazole rings is 1. The first-order chi connectivity index (χ1) is 7.07. The van der Waals surface area contributed by atoms with Crippen LogP contribution < -0.4 is 0 Å². The Hall–Kier alpha value is -1.78. The van der Waals surface area contributed by atoms with Crippen molar-refractivity contribution in [1.82, 2.24) is 9.55 Å². The first-order valence-electron chi connectivity index (χ1n) is 4.16. The molecule has 0 amide bonds. The van der Waals surface area contributed by atoms with Gasteiger partial charge in [0.2, 0.25) is 0 Å². The minimum atomic E-state index is -4.32. The van der Waals surface area contributed by atoms with Gasteiger partial charge in [-0.1, -0.05) is 6.07 Å². The van der Waals surface area contributed by atoms with Crippen molar-refractivity contribution in [3.63, 3.8) is 0 Å². The van der Waals surface area contributed by atoms with E-state index >= 15 is 0 Å². The lowest BCUT2D eigenvalue weighted by atomic mass is 10.2. The molecule has 0 aliphatic rings. The van der Waals surface area contributed by atoms with Crippen LogP contribution in [0.5, 0.6) is 0 Å². The van der Waals surface area contributed by atoms with Gasteiger partial charge in [0.05, 0.1) is 5.56 Å². The van der Waals surface area contributed by atoms with Crippen LogP contribution in [0.1, 0.15) is 5.56 Å². The van der Waals surface area contributed by atoms with E-state index in [1.807, 2.05) is 0 Å². The van der Waals surface area contributed by atoms with Gasteiger partial charge in [0.25, 0.3) is 0 Å². The summed E-state index contributed by atoms with van der Waals surface area (Å²) in [6.07, 6.45) is 1.20. The van der Waals surface area contributed by atoms with E-state index in [9.17, 15) is 13.2 Å². The molecule has 1 radical (unpaired) electrons. The largest absolute Gasteiger partial charge is 0.416 e. The average molecular weight is 211 g/mol. The second-order valence-corrected chi connectivity index (χ2v) is 2.95. The van der Waals surface area contributed by atoms with Crippen molar-refractivity contribution in [2.45, 2.75) is 6.18 Å². The molecule has 0 saturated carbocycles. The molecule has 1 heterocycles. The molecular weight excluding hydrogens is 205 g/mol. The molecule has 2 rings (SSSR count). The highest BCUT2D eigenvalue weighted by Gasteiger charge is 2.30. The van der Waals surface area contributed by atoms with Crippen LogP contribution in [0.3, 0.4) is 0 Å². The summed E-state index contributed by atoms with van der Waals surface area (Å²) in [4.78, 5) is 3.65. The topological polar surface area (TPSA) is 17.8 Å². The molecule has 15 heavy (non-hydrogen) atoms. The smallest absolute Gasteiger partial charge is 0.297 e. The highest BCUT2D eigenvalue weighted by atomic mass is 19.4. The fourth-order valence-electron chi connectivity index (χ4n) is 1.20. The zero-order valence-corrected chi connectivity index (χ0v) is 7.49. The van der Waals surface area contributed by atoms with Crippen LogP contribution in [0.15, 0.2) is 36.7 Å². The Kier molecular flexibility index (Phi) is 2.22. The molecule has 0 aliphatic carbocycles. The van der Waals surface area contributed by atoms with Crippen LogP contribution in [0.4, 0.5) is 13.2 Å². The summed E-state index contributed by atoms with van der Waals surface area (Å²) in [7, 11) is 0. The lowest BCUT2D eigenvalue weighted by Crippen LogP contribution is -2.05. The normalized spacial score (nSPS) is 11.7. The number of hydrogen-bond donors (Lipinski definition) is 0. The minimum absolute atomic E-state index is 0.391. The summed E-state index contributed by atoms with van der Waals surface area (Å²) < 4.78 is 38.5. The Morgan fingerprint density at radius 2 is 2.07 bits per heavy atom. The van der Waals surface area contributed by atoms with E-state index in [1.165, 1.54) is 23.0 Å². The molecule has 0 saturated heterocycles. The van der Waals surface area contributed by atoms with E-state index in [2.05, 4.69) is 11.3 Å². The predicted octanol–water partition coefficient (Wildman–Crippen LogP) is 2.69. The Morgan fingerprint density at radius 3 is 2.67 bits per heavy atom. The van der Waals surface area contributed by atoms with Crippen molar-refractivity contribution in [2.24, 2.45) is 0 Å². The van der Waals surface area contributed by atoms with Crippen molar-refractivity contribution in [1.29, 1.82) is 0 Å². The lowest BCUT2D eigenvalue weighted by molar-refractivity contribution is -0.137. The zero-order chi connectivity index (χ0) is 10.9. The van der Waals surface area contributed by atoms with E-state index < -0.39 is 11.7 Å². The zero-order valence-electron chi connectivity index (χ0n) is 7.49. The highest BCUT2D eigenvalue weighted by molar-refractivity contribution is 5.36. The molecule has 77 valence electrons. The van der Waals surface area contributed by atoms with E-state index in [-0.39, 0.29) is 0 Å². The van der Waals surface area contributed by atoms with Crippen molar-refractivity contribution < 1.29 is 13.2 Å². The molecule has 0 spiro atoms. The molecule has 1 aromatic carbocycles. The molecule has 0 fully saturated rings. The maximum Gasteiger partial charge on any atom is 0.416 e. The molecule has 0 atom stereocenters. The third-order valence-electron chi connectivity index (χ3n) is 1.91. The van der Waals surface area contributed by atoms with Crippen LogP contribution >= 0.6 is 0 Å². The number of halogens is 3. The molecule has 5 heteroatoms. The summed E-state index contributed by atoms with van der Waals surface area (Å²) in [5, 5.41) is 0. The van der Waals surface area contributed by atoms with Crippen LogP contribution in [0.25, 0.3) is 5.69 Å². The summed E-state index contributed by atoms with van der Waals surface area (Å²) in [5.74, 6) is 0. The number of alkyl halides is 3. The molecule has 0 unspecified atom stereocenters. The average Bonchev–Trinajstić information content (AvgIpc) is 2.69. The third kappa shape index (κ3) is 2.01. The molecule has 1 aromatic heterocycles. The fraction of sp³-hybridized carbons (Fsp3) is 0.100. The van der Waals surface area contributed by atoms with E-state index in [4.69, 9.17) is 0 Å². The van der Waals surface area contributed by atoms with Gasteiger partial charge in [-0.3, -0.25) is 4.57 Å².